The summed E-state index contributed by atoms with van der Waals surface area (Å²) >= 11 is 0. The number of hydrogen-bond acceptors (Lipinski definition) is 3. The van der Waals surface area contributed by atoms with E-state index in [1.54, 1.807) is 0 Å². The Kier molecular flexibility index (Phi) is 6.01. The lowest BCUT2D eigenvalue weighted by atomic mass is 10.0. The lowest BCUT2D eigenvalue weighted by Gasteiger charge is -2.21. The molecule has 0 aliphatic carbocycles. The van der Waals surface area contributed by atoms with Gasteiger partial charge < -0.3 is 21.1 Å². The van der Waals surface area contributed by atoms with E-state index < -0.39 is 23.9 Å². The first-order valence-electron chi connectivity index (χ1n) is 5.26. The van der Waals surface area contributed by atoms with E-state index in [1.165, 1.54) is 7.05 Å². The van der Waals surface area contributed by atoms with E-state index in [2.05, 4.69) is 5.32 Å². The molecule has 0 radical (unpaired) electrons. The molecule has 3 amide bonds. The zero-order valence-corrected chi connectivity index (χ0v) is 10.3. The maximum Gasteiger partial charge on any atom is 0.326 e. The minimum atomic E-state index is -1.10. The molecule has 7 heteroatoms. The maximum absolute atomic E-state index is 11.5. The topological polar surface area (TPSA) is 113 Å². The van der Waals surface area contributed by atoms with Gasteiger partial charge in [0.25, 0.3) is 0 Å². The van der Waals surface area contributed by atoms with Crippen LogP contribution < -0.4 is 11.1 Å². The van der Waals surface area contributed by atoms with Gasteiger partial charge in [-0.3, -0.25) is 4.79 Å². The minimum absolute atomic E-state index is 0.137. The van der Waals surface area contributed by atoms with E-state index in [0.717, 1.165) is 4.90 Å². The summed E-state index contributed by atoms with van der Waals surface area (Å²) in [5.41, 5.74) is 4.93. The molecule has 0 aromatic carbocycles. The van der Waals surface area contributed by atoms with Crippen LogP contribution in [0.4, 0.5) is 4.79 Å². The SMILES string of the molecule is CC(C)C[C@@H](NC(=O)N(C)CC(N)=O)C(=O)O. The summed E-state index contributed by atoms with van der Waals surface area (Å²) in [4.78, 5) is 34.0. The lowest BCUT2D eigenvalue weighted by Crippen LogP contribution is -2.49. The summed E-state index contributed by atoms with van der Waals surface area (Å²) in [6.07, 6.45) is 0.325. The number of aliphatic carboxylic acids is 1. The number of amides is 3. The van der Waals surface area contributed by atoms with Crippen LogP contribution >= 0.6 is 0 Å². The molecule has 7 nitrogen and oxygen atoms in total. The first-order chi connectivity index (χ1) is 7.73. The fourth-order valence-corrected chi connectivity index (χ4v) is 1.26. The third-order valence-corrected chi connectivity index (χ3v) is 2.04. The number of rotatable bonds is 6. The molecular weight excluding hydrogens is 226 g/mol. The van der Waals surface area contributed by atoms with E-state index >= 15 is 0 Å². The molecule has 0 rings (SSSR count). The molecule has 0 aromatic rings. The standard InChI is InChI=1S/C10H19N3O4/c1-6(2)4-7(9(15)16)12-10(17)13(3)5-8(11)14/h6-7H,4-5H2,1-3H3,(H2,11,14)(H,12,17)(H,15,16)/t7-/m1/s1. The number of hydrogen-bond donors (Lipinski definition) is 3. The summed E-state index contributed by atoms with van der Waals surface area (Å²) in [6, 6.07) is -1.59. The number of carboxylic acids is 1. The Hall–Kier alpha value is -1.79. The quantitative estimate of drug-likeness (QED) is 0.591. The lowest BCUT2D eigenvalue weighted by molar-refractivity contribution is -0.139. The molecule has 0 aromatic heterocycles. The predicted octanol–water partition coefficient (Wildman–Crippen LogP) is -0.388. The average molecular weight is 245 g/mol. The van der Waals surface area contributed by atoms with Crippen LogP contribution in [0.2, 0.25) is 0 Å². The van der Waals surface area contributed by atoms with Crippen LogP contribution in [0, 0.1) is 5.92 Å². The van der Waals surface area contributed by atoms with Gasteiger partial charge in [0.2, 0.25) is 5.91 Å². The second kappa shape index (κ2) is 6.72. The maximum atomic E-state index is 11.5. The van der Waals surface area contributed by atoms with Gasteiger partial charge in [-0.1, -0.05) is 13.8 Å². The van der Waals surface area contributed by atoms with Crippen LogP contribution in [0.15, 0.2) is 0 Å². The highest BCUT2D eigenvalue weighted by atomic mass is 16.4. The van der Waals surface area contributed by atoms with E-state index in [4.69, 9.17) is 10.8 Å². The van der Waals surface area contributed by atoms with Crippen LogP contribution in [0.25, 0.3) is 0 Å². The van der Waals surface area contributed by atoms with Crippen molar-refractivity contribution in [2.24, 2.45) is 11.7 Å². The van der Waals surface area contributed by atoms with Gasteiger partial charge in [-0.25, -0.2) is 9.59 Å². The van der Waals surface area contributed by atoms with Crippen molar-refractivity contribution >= 4 is 17.9 Å². The molecule has 0 unspecified atom stereocenters. The molecule has 17 heavy (non-hydrogen) atoms. The Bertz CT molecular complexity index is 304. The van der Waals surface area contributed by atoms with E-state index in [1.807, 2.05) is 13.8 Å². The molecule has 0 bridgehead atoms. The monoisotopic (exact) mass is 245 g/mol. The fraction of sp³-hybridized carbons (Fsp3) is 0.700. The minimum Gasteiger partial charge on any atom is -0.480 e. The first kappa shape index (κ1) is 15.2. The van der Waals surface area contributed by atoms with Gasteiger partial charge in [0.15, 0.2) is 0 Å². The molecule has 0 aliphatic heterocycles. The van der Waals surface area contributed by atoms with Crippen molar-refractivity contribution in [2.75, 3.05) is 13.6 Å². The zero-order chi connectivity index (χ0) is 13.6. The summed E-state index contributed by atoms with van der Waals surface area (Å²) in [5.74, 6) is -1.62. The van der Waals surface area contributed by atoms with Gasteiger partial charge in [0.1, 0.15) is 12.6 Å². The number of urea groups is 1. The molecule has 0 heterocycles. The highest BCUT2D eigenvalue weighted by Crippen LogP contribution is 2.05. The summed E-state index contributed by atoms with van der Waals surface area (Å²) in [6.45, 7) is 3.46. The number of nitrogens with zero attached hydrogens (tertiary/aromatic N) is 1. The van der Waals surface area contributed by atoms with Crippen LogP contribution in [0.3, 0.4) is 0 Å². The molecule has 0 spiro atoms. The van der Waals surface area contributed by atoms with Gasteiger partial charge in [-0.05, 0) is 12.3 Å². The second-order valence-electron chi connectivity index (χ2n) is 4.29. The Morgan fingerprint density at radius 1 is 1.35 bits per heavy atom. The molecule has 4 N–H and O–H groups in total. The number of nitrogens with two attached hydrogens (primary N) is 1. The number of primary amides is 1. The van der Waals surface area contributed by atoms with Gasteiger partial charge in [0.05, 0.1) is 0 Å². The molecule has 1 atom stereocenters. The largest absolute Gasteiger partial charge is 0.480 e. The van der Waals surface area contributed by atoms with Crippen molar-refractivity contribution in [3.63, 3.8) is 0 Å². The van der Waals surface area contributed by atoms with Crippen molar-refractivity contribution in [1.29, 1.82) is 0 Å². The first-order valence-corrected chi connectivity index (χ1v) is 5.26. The highest BCUT2D eigenvalue weighted by Gasteiger charge is 2.22. The van der Waals surface area contributed by atoms with Gasteiger partial charge in [0, 0.05) is 7.05 Å². The number of carboxylic acid groups (broad SMARTS) is 1. The van der Waals surface area contributed by atoms with Crippen molar-refractivity contribution in [1.82, 2.24) is 10.2 Å². The Morgan fingerprint density at radius 2 is 1.88 bits per heavy atom. The van der Waals surface area contributed by atoms with Crippen LogP contribution in [0.1, 0.15) is 20.3 Å². The summed E-state index contributed by atoms with van der Waals surface area (Å²) in [5, 5.41) is 11.2. The molecule has 0 aliphatic rings. The Labute approximate surface area is 100.0 Å². The van der Waals surface area contributed by atoms with Gasteiger partial charge in [-0.2, -0.15) is 0 Å². The van der Waals surface area contributed by atoms with Crippen molar-refractivity contribution in [3.05, 3.63) is 0 Å². The Morgan fingerprint density at radius 3 is 2.24 bits per heavy atom. The third kappa shape index (κ3) is 6.39. The van der Waals surface area contributed by atoms with Crippen molar-refractivity contribution in [2.45, 2.75) is 26.3 Å². The van der Waals surface area contributed by atoms with Crippen LogP contribution in [-0.4, -0.2) is 47.5 Å². The van der Waals surface area contributed by atoms with E-state index in [0.29, 0.717) is 6.42 Å². The van der Waals surface area contributed by atoms with Gasteiger partial charge >= 0.3 is 12.0 Å². The molecule has 0 saturated carbocycles. The van der Waals surface area contributed by atoms with Crippen molar-refractivity contribution in [3.8, 4) is 0 Å². The van der Waals surface area contributed by atoms with Crippen LogP contribution in [-0.2, 0) is 9.59 Å². The van der Waals surface area contributed by atoms with E-state index in [-0.39, 0.29) is 12.5 Å². The number of likely N-dealkylation sites (N-methyl/N-ethyl adjacent to an activating group) is 1. The predicted molar refractivity (Wildman–Crippen MR) is 61.2 cm³/mol. The average Bonchev–Trinajstić information content (AvgIpc) is 2.14. The number of nitrogens with one attached hydrogen (secondary N) is 1. The fourth-order valence-electron chi connectivity index (χ4n) is 1.26. The third-order valence-electron chi connectivity index (χ3n) is 2.04. The molecule has 98 valence electrons. The smallest absolute Gasteiger partial charge is 0.326 e. The molecule has 0 saturated heterocycles. The van der Waals surface area contributed by atoms with Crippen molar-refractivity contribution < 1.29 is 19.5 Å². The number of carbonyl (C=O) groups is 3. The summed E-state index contributed by atoms with van der Waals surface area (Å²) < 4.78 is 0. The second-order valence-corrected chi connectivity index (χ2v) is 4.29. The zero-order valence-electron chi connectivity index (χ0n) is 10.3. The highest BCUT2D eigenvalue weighted by molar-refractivity contribution is 5.85. The van der Waals surface area contributed by atoms with E-state index in [9.17, 15) is 14.4 Å². The summed E-state index contributed by atoms with van der Waals surface area (Å²) in [7, 11) is 1.37. The molecule has 0 fully saturated rings. The van der Waals surface area contributed by atoms with Crippen LogP contribution in [0.5, 0.6) is 0 Å². The molecular formula is C10H19N3O4. The normalized spacial score (nSPS) is 12.0. The Balaban J connectivity index is 4.39. The number of carbonyl (C=O) groups excluding carboxylic acids is 2. The van der Waals surface area contributed by atoms with Gasteiger partial charge in [-0.15, -0.1) is 0 Å².